The third-order valence-electron chi connectivity index (χ3n) is 6.65. The van der Waals surface area contributed by atoms with Crippen LogP contribution in [0.4, 0.5) is 13.2 Å². The fourth-order valence-electron chi connectivity index (χ4n) is 4.52. The zero-order valence-electron chi connectivity index (χ0n) is 23.0. The molecule has 0 radical (unpaired) electrons. The van der Waals surface area contributed by atoms with Gasteiger partial charge in [0.25, 0.3) is 5.91 Å². The molecular weight excluding hydrogens is 567 g/mol. The van der Waals surface area contributed by atoms with Crippen molar-refractivity contribution in [3.05, 3.63) is 107 Å². The summed E-state index contributed by atoms with van der Waals surface area (Å²) in [6.45, 7) is 2.08. The third-order valence-corrected chi connectivity index (χ3v) is 7.29. The first-order valence-corrected chi connectivity index (χ1v) is 14.5. The summed E-state index contributed by atoms with van der Waals surface area (Å²) in [6, 6.07) is 20.0. The molecule has 10 heteroatoms. The quantitative estimate of drug-likeness (QED) is 0.175. The molecule has 0 saturated heterocycles. The van der Waals surface area contributed by atoms with Crippen molar-refractivity contribution in [2.24, 2.45) is 0 Å². The van der Waals surface area contributed by atoms with E-state index in [1.165, 1.54) is 36.0 Å². The van der Waals surface area contributed by atoms with Crippen LogP contribution in [0.2, 0.25) is 0 Å². The van der Waals surface area contributed by atoms with Gasteiger partial charge in [-0.05, 0) is 77.9 Å². The normalized spacial score (nSPS) is 12.2. The zero-order valence-corrected chi connectivity index (χ0v) is 23.9. The maximum Gasteiger partial charge on any atom is 0.417 e. The Morgan fingerprint density at radius 3 is 2.36 bits per heavy atom. The van der Waals surface area contributed by atoms with Gasteiger partial charge in [0.05, 0.1) is 12.2 Å². The number of ether oxygens (including phenoxy) is 1. The molecule has 0 bridgehead atoms. The lowest BCUT2D eigenvalue weighted by Gasteiger charge is -2.17. The van der Waals surface area contributed by atoms with E-state index < -0.39 is 29.7 Å². The molecule has 3 aromatic carbocycles. The van der Waals surface area contributed by atoms with E-state index in [-0.39, 0.29) is 24.5 Å². The van der Waals surface area contributed by atoms with E-state index in [1.807, 2.05) is 43.5 Å². The molecule has 0 saturated carbocycles. The molecule has 0 fully saturated rings. The smallest absolute Gasteiger partial charge is 0.417 e. The van der Waals surface area contributed by atoms with Crippen LogP contribution in [0.25, 0.3) is 22.5 Å². The van der Waals surface area contributed by atoms with E-state index in [2.05, 4.69) is 5.32 Å². The van der Waals surface area contributed by atoms with Crippen LogP contribution in [0.1, 0.15) is 39.2 Å². The van der Waals surface area contributed by atoms with E-state index in [4.69, 9.17) is 9.15 Å². The fraction of sp³-hybridized carbons (Fsp3) is 0.250. The molecule has 2 N–H and O–H groups in total. The molecule has 1 amide bonds. The molecule has 4 rings (SSSR count). The lowest BCUT2D eigenvalue weighted by atomic mass is 9.93. The number of carboxylic acids is 1. The van der Waals surface area contributed by atoms with Crippen LogP contribution in [0.15, 0.2) is 83.3 Å². The third kappa shape index (κ3) is 7.63. The van der Waals surface area contributed by atoms with Gasteiger partial charge in [-0.1, -0.05) is 48.5 Å². The van der Waals surface area contributed by atoms with Crippen LogP contribution in [0.3, 0.4) is 0 Å². The van der Waals surface area contributed by atoms with Crippen molar-refractivity contribution in [2.45, 2.75) is 38.8 Å². The number of hydrogen-bond donors (Lipinski definition) is 2. The molecule has 1 atom stereocenters. The second kappa shape index (κ2) is 13.8. The average molecular weight is 598 g/mol. The van der Waals surface area contributed by atoms with E-state index in [9.17, 15) is 27.9 Å². The Kier molecular flexibility index (Phi) is 10.1. The number of thioether (sulfide) groups is 1. The zero-order chi connectivity index (χ0) is 30.3. The number of carbonyl (C=O) groups is 2. The van der Waals surface area contributed by atoms with Crippen molar-refractivity contribution < 1.29 is 37.0 Å². The summed E-state index contributed by atoms with van der Waals surface area (Å²) >= 11 is 1.50. The summed E-state index contributed by atoms with van der Waals surface area (Å²) in [5.74, 6) is -0.540. The molecular formula is C32H30F3NO5S. The lowest BCUT2D eigenvalue weighted by molar-refractivity contribution is -0.139. The summed E-state index contributed by atoms with van der Waals surface area (Å²) < 4.78 is 51.7. The first-order chi connectivity index (χ1) is 20.1. The minimum absolute atomic E-state index is 0.0197. The van der Waals surface area contributed by atoms with Crippen LogP contribution < -0.4 is 5.32 Å². The van der Waals surface area contributed by atoms with Gasteiger partial charge in [-0.25, -0.2) is 4.79 Å². The highest BCUT2D eigenvalue weighted by molar-refractivity contribution is 7.98. The Morgan fingerprint density at radius 2 is 1.67 bits per heavy atom. The summed E-state index contributed by atoms with van der Waals surface area (Å²) in [5, 5.41) is 12.2. The molecule has 6 nitrogen and oxygen atoms in total. The SMILES string of the molecule is CSCCC(NC(=O)c1ccc(COCc2ccc(-c3ccccc3C(F)(F)F)o2)cc1-c1ccccc1C)C(=O)O. The van der Waals surface area contributed by atoms with Gasteiger partial charge >= 0.3 is 12.1 Å². The Hall–Kier alpha value is -4.02. The Bertz CT molecular complexity index is 1550. The van der Waals surface area contributed by atoms with Crippen LogP contribution in [-0.4, -0.2) is 35.0 Å². The second-order valence-electron chi connectivity index (χ2n) is 9.64. The highest BCUT2D eigenvalue weighted by Crippen LogP contribution is 2.37. The van der Waals surface area contributed by atoms with Crippen molar-refractivity contribution >= 4 is 23.6 Å². The number of amides is 1. The number of alkyl halides is 3. The number of nitrogens with one attached hydrogen (secondary N) is 1. The van der Waals surface area contributed by atoms with Crippen molar-refractivity contribution in [1.82, 2.24) is 5.32 Å². The first kappa shape index (κ1) is 30.9. The molecule has 1 heterocycles. The van der Waals surface area contributed by atoms with Gasteiger partial charge in [-0.15, -0.1) is 0 Å². The average Bonchev–Trinajstić information content (AvgIpc) is 3.43. The first-order valence-electron chi connectivity index (χ1n) is 13.1. The number of halogens is 3. The molecule has 1 aromatic heterocycles. The standard InChI is InChI=1S/C32H30F3NO5S/c1-20-7-3-4-8-23(20)26-17-21(11-13-24(26)30(37)36-28(31(38)39)15-16-42-2)18-40-19-22-12-14-29(41-22)25-9-5-6-10-27(25)32(33,34)35/h3-14,17,28H,15-16,18-19H2,1-2H3,(H,36,37)(H,38,39). The van der Waals surface area contributed by atoms with Gasteiger partial charge in [0.1, 0.15) is 24.2 Å². The molecule has 0 aliphatic carbocycles. The van der Waals surface area contributed by atoms with Crippen LogP contribution in [0.5, 0.6) is 0 Å². The van der Waals surface area contributed by atoms with Gasteiger partial charge in [-0.3, -0.25) is 4.79 Å². The van der Waals surface area contributed by atoms with E-state index >= 15 is 0 Å². The van der Waals surface area contributed by atoms with E-state index in [1.54, 1.807) is 18.2 Å². The van der Waals surface area contributed by atoms with Gasteiger partial charge < -0.3 is 19.6 Å². The van der Waals surface area contributed by atoms with Crippen LogP contribution in [0, 0.1) is 6.92 Å². The fourth-order valence-corrected chi connectivity index (χ4v) is 4.99. The number of aliphatic carboxylic acids is 1. The molecule has 0 aliphatic heterocycles. The number of hydrogen-bond acceptors (Lipinski definition) is 5. The number of furan rings is 1. The van der Waals surface area contributed by atoms with Crippen molar-refractivity contribution in [2.75, 3.05) is 12.0 Å². The molecule has 0 aliphatic rings. The highest BCUT2D eigenvalue weighted by atomic mass is 32.2. The van der Waals surface area contributed by atoms with E-state index in [0.29, 0.717) is 29.1 Å². The number of carboxylic acid groups (broad SMARTS) is 1. The van der Waals surface area contributed by atoms with Gasteiger partial charge in [-0.2, -0.15) is 24.9 Å². The summed E-state index contributed by atoms with van der Waals surface area (Å²) in [5.41, 5.74) is 2.64. The van der Waals surface area contributed by atoms with Crippen molar-refractivity contribution in [3.8, 4) is 22.5 Å². The Morgan fingerprint density at radius 1 is 0.952 bits per heavy atom. The Labute approximate surface area is 245 Å². The summed E-state index contributed by atoms with van der Waals surface area (Å²) in [6.07, 6.45) is -2.35. The number of carbonyl (C=O) groups excluding carboxylic acids is 1. The maximum absolute atomic E-state index is 13.4. The largest absolute Gasteiger partial charge is 0.480 e. The molecule has 0 spiro atoms. The number of benzene rings is 3. The molecule has 1 unspecified atom stereocenters. The van der Waals surface area contributed by atoms with Crippen LogP contribution in [-0.2, 0) is 28.9 Å². The van der Waals surface area contributed by atoms with Crippen LogP contribution >= 0.6 is 11.8 Å². The monoisotopic (exact) mass is 597 g/mol. The molecule has 220 valence electrons. The van der Waals surface area contributed by atoms with Crippen molar-refractivity contribution in [3.63, 3.8) is 0 Å². The topological polar surface area (TPSA) is 88.8 Å². The number of rotatable bonds is 12. The maximum atomic E-state index is 13.4. The minimum atomic E-state index is -4.51. The summed E-state index contributed by atoms with van der Waals surface area (Å²) in [4.78, 5) is 25.0. The molecule has 42 heavy (non-hydrogen) atoms. The Balaban J connectivity index is 1.52. The van der Waals surface area contributed by atoms with E-state index in [0.717, 1.165) is 22.8 Å². The van der Waals surface area contributed by atoms with Gasteiger partial charge in [0.2, 0.25) is 0 Å². The predicted octanol–water partition coefficient (Wildman–Crippen LogP) is 7.59. The van der Waals surface area contributed by atoms with Gasteiger partial charge in [0.15, 0.2) is 0 Å². The minimum Gasteiger partial charge on any atom is -0.480 e. The summed E-state index contributed by atoms with van der Waals surface area (Å²) in [7, 11) is 0. The predicted molar refractivity (Wildman–Crippen MR) is 156 cm³/mol. The van der Waals surface area contributed by atoms with Gasteiger partial charge in [0, 0.05) is 11.1 Å². The lowest BCUT2D eigenvalue weighted by Crippen LogP contribution is -2.41. The number of aryl methyl sites for hydroxylation is 1. The molecule has 4 aromatic rings. The highest BCUT2D eigenvalue weighted by Gasteiger charge is 2.34. The second-order valence-corrected chi connectivity index (χ2v) is 10.6. The van der Waals surface area contributed by atoms with Crippen molar-refractivity contribution in [1.29, 1.82) is 0 Å².